The van der Waals surface area contributed by atoms with Crippen LogP contribution in [-0.2, 0) is 24.2 Å². The molecule has 0 fully saturated rings. The smallest absolute Gasteiger partial charge is 0.166 e. The summed E-state index contributed by atoms with van der Waals surface area (Å²) in [6.07, 6.45) is 16.7. The predicted molar refractivity (Wildman–Crippen MR) is 164 cm³/mol. The van der Waals surface area contributed by atoms with E-state index in [0.717, 1.165) is 81.6 Å². The Morgan fingerprint density at radius 1 is 0.718 bits per heavy atom. The molecule has 0 aliphatic heterocycles. The molecular weight excluding hydrogens is 553 g/mol. The Morgan fingerprint density at radius 2 is 1.08 bits per heavy atom. The zero-order valence-electron chi connectivity index (χ0n) is 24.9. The Labute approximate surface area is 239 Å². The van der Waals surface area contributed by atoms with E-state index >= 15 is 0 Å². The number of aryl methyl sites for hydroxylation is 1. The molecule has 0 saturated carbocycles. The zero-order valence-corrected chi connectivity index (χ0v) is 27.4. The summed E-state index contributed by atoms with van der Waals surface area (Å²) in [4.78, 5) is 3.21. The van der Waals surface area contributed by atoms with Gasteiger partial charge in [0.15, 0.2) is 12.4 Å². The van der Waals surface area contributed by atoms with Gasteiger partial charge in [-0.2, -0.15) is 0 Å². The van der Waals surface area contributed by atoms with Gasteiger partial charge in [-0.1, -0.05) is 6.07 Å². The van der Waals surface area contributed by atoms with E-state index in [1.807, 2.05) is 49.6 Å². The number of rotatable bonds is 15. The van der Waals surface area contributed by atoms with Gasteiger partial charge in [-0.05, 0) is 0 Å². The molecule has 7 nitrogen and oxygen atoms in total. The second-order valence-electron chi connectivity index (χ2n) is 10.3. The molecule has 0 bridgehead atoms. The van der Waals surface area contributed by atoms with Gasteiger partial charge in [0.25, 0.3) is 0 Å². The minimum absolute atomic E-state index is 0.313. The zero-order chi connectivity index (χ0) is 29.9. The first-order valence-corrected chi connectivity index (χ1v) is 20.2. The number of aromatic amines is 1. The molecule has 0 radical (unpaired) electrons. The van der Waals surface area contributed by atoms with Crippen LogP contribution in [0.1, 0.15) is 84.6 Å². The Balaban J connectivity index is 0.00000108. The summed E-state index contributed by atoms with van der Waals surface area (Å²) in [6, 6.07) is 13.0. The van der Waals surface area contributed by atoms with Crippen molar-refractivity contribution in [3.8, 4) is 0 Å². The first-order valence-electron chi connectivity index (χ1n) is 14.1. The van der Waals surface area contributed by atoms with Crippen LogP contribution < -0.4 is 4.98 Å². The van der Waals surface area contributed by atoms with Gasteiger partial charge in [-0.3, -0.25) is 0 Å². The normalized spacial score (nSPS) is 12.7. The fourth-order valence-electron chi connectivity index (χ4n) is 4.42. The molecule has 1 heterocycles. The van der Waals surface area contributed by atoms with Gasteiger partial charge in [-0.15, -0.1) is 0 Å². The summed E-state index contributed by atoms with van der Waals surface area (Å²) in [5.74, 6) is 0. The molecule has 10 heteroatoms. The molecule has 0 aliphatic rings. The van der Waals surface area contributed by atoms with Crippen molar-refractivity contribution in [2.75, 3.05) is 30.9 Å². The van der Waals surface area contributed by atoms with Crippen LogP contribution >= 0.6 is 6.83 Å². The number of nitrogens with one attached hydrogen (secondary N) is 1. The van der Waals surface area contributed by atoms with Gasteiger partial charge >= 0.3 is 175 Å². The van der Waals surface area contributed by atoms with Crippen molar-refractivity contribution in [2.45, 2.75) is 90.9 Å². The van der Waals surface area contributed by atoms with E-state index < -0.39 is 27.1 Å². The summed E-state index contributed by atoms with van der Waals surface area (Å²) >= 11 is 0. The SMILES string of the molecule is CCCCP(CCCC)(CCCC)(CCCC)OS(=O)(=O)c1ccc(C)cc1.CS(=O)(=O)[O-].c1cc[nH+]cc1. The Kier molecular flexibility index (Phi) is 18.2. The van der Waals surface area contributed by atoms with Crippen LogP contribution in [0.15, 0.2) is 59.8 Å². The van der Waals surface area contributed by atoms with E-state index in [4.69, 9.17) is 16.9 Å². The molecule has 0 atom stereocenters. The van der Waals surface area contributed by atoms with Crippen LogP contribution in [0, 0.1) is 6.92 Å². The molecule has 0 unspecified atom stereocenters. The number of hydrogen-bond donors (Lipinski definition) is 0. The van der Waals surface area contributed by atoms with Gasteiger partial charge in [-0.25, -0.2) is 13.4 Å². The monoisotopic (exact) mass is 605 g/mol. The molecule has 1 aromatic carbocycles. The molecule has 39 heavy (non-hydrogen) atoms. The van der Waals surface area contributed by atoms with Crippen molar-refractivity contribution in [1.29, 1.82) is 0 Å². The second kappa shape index (κ2) is 18.9. The van der Waals surface area contributed by atoms with Crippen LogP contribution in [0.3, 0.4) is 0 Å². The number of benzene rings is 1. The molecule has 2 rings (SSSR count). The maximum atomic E-state index is 13.4. The number of hydrogen-bond acceptors (Lipinski definition) is 6. The van der Waals surface area contributed by atoms with Gasteiger partial charge in [0.1, 0.15) is 0 Å². The summed E-state index contributed by atoms with van der Waals surface area (Å²) in [5.41, 5.74) is 1.06. The Hall–Kier alpha value is -1.38. The minimum atomic E-state index is -3.92. The van der Waals surface area contributed by atoms with Crippen LogP contribution in [0.4, 0.5) is 0 Å². The number of aromatic nitrogens is 1. The van der Waals surface area contributed by atoms with Gasteiger partial charge < -0.3 is 4.55 Å². The summed E-state index contributed by atoms with van der Waals surface area (Å²) in [7, 11) is -7.67. The average molecular weight is 606 g/mol. The quantitative estimate of drug-likeness (QED) is 0.159. The van der Waals surface area contributed by atoms with E-state index in [1.165, 1.54) is 0 Å². The number of H-pyrrole nitrogens is 1. The molecule has 0 spiro atoms. The van der Waals surface area contributed by atoms with Gasteiger partial charge in [0, 0.05) is 18.4 Å². The van der Waals surface area contributed by atoms with E-state index in [-0.39, 0.29) is 0 Å². The fourth-order valence-corrected chi connectivity index (χ4v) is 14.5. The second-order valence-corrected chi connectivity index (χ2v) is 19.2. The van der Waals surface area contributed by atoms with Crippen molar-refractivity contribution in [3.05, 3.63) is 60.4 Å². The third-order valence-corrected chi connectivity index (χ3v) is 15.6. The molecule has 1 N–H and O–H groups in total. The van der Waals surface area contributed by atoms with Crippen molar-refractivity contribution in [1.82, 2.24) is 0 Å². The minimum Gasteiger partial charge on any atom is -0.748 e. The van der Waals surface area contributed by atoms with E-state index in [2.05, 4.69) is 32.7 Å². The topological polar surface area (TPSA) is 115 Å². The van der Waals surface area contributed by atoms with Crippen LogP contribution in [0.2, 0.25) is 0 Å². The van der Waals surface area contributed by atoms with Crippen molar-refractivity contribution in [3.63, 3.8) is 0 Å². The predicted octanol–water partition coefficient (Wildman–Crippen LogP) is 7.03. The van der Waals surface area contributed by atoms with Crippen LogP contribution in [0.25, 0.3) is 0 Å². The first-order chi connectivity index (χ1) is 18.3. The first kappa shape index (κ1) is 37.6. The number of pyridine rings is 1. The maximum absolute atomic E-state index is 13.4. The Morgan fingerprint density at radius 3 is 1.33 bits per heavy atom. The van der Waals surface area contributed by atoms with E-state index in [1.54, 1.807) is 12.1 Å². The largest absolute Gasteiger partial charge is 0.748 e. The molecule has 2 aromatic rings. The molecule has 226 valence electrons. The third-order valence-electron chi connectivity index (χ3n) is 6.53. The van der Waals surface area contributed by atoms with Crippen molar-refractivity contribution >= 4 is 27.1 Å². The molecular formula is C29H52NO6PS2. The van der Waals surface area contributed by atoms with Crippen molar-refractivity contribution in [2.24, 2.45) is 0 Å². The molecule has 0 saturated heterocycles. The average Bonchev–Trinajstić information content (AvgIpc) is 2.89. The van der Waals surface area contributed by atoms with Gasteiger partial charge in [0.05, 0.1) is 10.1 Å². The summed E-state index contributed by atoms with van der Waals surface area (Å²) in [5, 5.41) is 0. The van der Waals surface area contributed by atoms with Crippen molar-refractivity contribution < 1.29 is 30.3 Å². The maximum Gasteiger partial charge on any atom is 0.166 e. The van der Waals surface area contributed by atoms with Crippen LogP contribution in [-0.4, -0.2) is 52.3 Å². The Bertz CT molecular complexity index is 1030. The molecule has 1 aromatic heterocycles. The van der Waals surface area contributed by atoms with Gasteiger partial charge in [0.2, 0.25) is 0 Å². The number of unbranched alkanes of at least 4 members (excludes halogenated alkanes) is 4. The molecule has 0 amide bonds. The fraction of sp³-hybridized carbons (Fsp3) is 0.621. The van der Waals surface area contributed by atoms with Crippen LogP contribution in [0.5, 0.6) is 0 Å². The summed E-state index contributed by atoms with van der Waals surface area (Å²) < 4.78 is 60.6. The van der Waals surface area contributed by atoms with E-state index in [9.17, 15) is 8.42 Å². The standard InChI is InChI=1S/C23H43O3PS.C5H5N.CH4O3S/c1-6-10-18-27(19-11-7-2,20-12-8-3,21-13-9-4)26-28(24,25)23-16-14-22(5)15-17-23;1-2-4-6-5-3-1;1-5(2,3)4/h14-17H,6-13,18-21H2,1-5H3;1-5H;1H3,(H,2,3,4). The molecule has 0 aliphatic carbocycles. The summed E-state index contributed by atoms with van der Waals surface area (Å²) in [6.45, 7) is 7.90. The van der Waals surface area contributed by atoms with E-state index in [0.29, 0.717) is 11.2 Å². The third kappa shape index (κ3) is 16.5.